The van der Waals surface area contributed by atoms with Gasteiger partial charge in [0.05, 0.1) is 0 Å². The van der Waals surface area contributed by atoms with Gasteiger partial charge in [0.15, 0.2) is 0 Å². The van der Waals surface area contributed by atoms with Gasteiger partial charge in [0.2, 0.25) is 0 Å². The Morgan fingerprint density at radius 1 is 1.05 bits per heavy atom. The maximum Gasteiger partial charge on any atom is 0.133 e. The highest BCUT2D eigenvalue weighted by Crippen LogP contribution is 2.26. The summed E-state index contributed by atoms with van der Waals surface area (Å²) in [4.78, 5) is 0. The molecule has 0 saturated heterocycles. The van der Waals surface area contributed by atoms with Crippen LogP contribution in [0.5, 0.6) is 0 Å². The monoisotopic (exact) mass is 287 g/mol. The molecule has 1 unspecified atom stereocenters. The number of hydrogen-bond acceptors (Lipinski definition) is 1. The molecular formula is C16H24F3N. The van der Waals surface area contributed by atoms with Crippen molar-refractivity contribution < 1.29 is 13.2 Å². The van der Waals surface area contributed by atoms with Crippen molar-refractivity contribution in [3.63, 3.8) is 0 Å². The molecule has 0 amide bonds. The van der Waals surface area contributed by atoms with Gasteiger partial charge in [-0.1, -0.05) is 33.6 Å². The molecule has 0 heterocycles. The third-order valence-electron chi connectivity index (χ3n) is 3.31. The lowest BCUT2D eigenvalue weighted by Gasteiger charge is -2.20. The third kappa shape index (κ3) is 5.16. The number of halogens is 3. The molecule has 4 heteroatoms. The first-order valence-electron chi connectivity index (χ1n) is 7.33. The number of benzene rings is 1. The summed E-state index contributed by atoms with van der Waals surface area (Å²) in [5.74, 6) is -1.92. The lowest BCUT2D eigenvalue weighted by Crippen LogP contribution is -2.24. The summed E-state index contributed by atoms with van der Waals surface area (Å²) in [6.45, 7) is 6.92. The fourth-order valence-electron chi connectivity index (χ4n) is 2.28. The molecule has 0 aliphatic carbocycles. The first-order valence-corrected chi connectivity index (χ1v) is 7.33. The van der Waals surface area contributed by atoms with Crippen molar-refractivity contribution in [3.05, 3.63) is 35.1 Å². The first kappa shape index (κ1) is 17.0. The van der Waals surface area contributed by atoms with Crippen LogP contribution in [0.1, 0.15) is 58.1 Å². The van der Waals surface area contributed by atoms with Gasteiger partial charge in [-0.15, -0.1) is 0 Å². The van der Waals surface area contributed by atoms with Gasteiger partial charge in [0.1, 0.15) is 17.5 Å². The molecule has 0 aliphatic heterocycles. The van der Waals surface area contributed by atoms with Crippen LogP contribution >= 0.6 is 0 Å². The molecule has 0 aliphatic rings. The van der Waals surface area contributed by atoms with Crippen molar-refractivity contribution in [1.82, 2.24) is 5.32 Å². The predicted octanol–water partition coefficient (Wildman–Crippen LogP) is 4.97. The van der Waals surface area contributed by atoms with Gasteiger partial charge in [0, 0.05) is 23.7 Å². The van der Waals surface area contributed by atoms with Crippen LogP contribution in [0, 0.1) is 23.4 Å². The summed E-state index contributed by atoms with van der Waals surface area (Å²) in [5.41, 5.74) is -0.0383. The molecule has 0 aromatic heterocycles. The number of hydrogen-bond donors (Lipinski definition) is 1. The van der Waals surface area contributed by atoms with Crippen LogP contribution in [0.15, 0.2) is 12.1 Å². The Labute approximate surface area is 119 Å². The van der Waals surface area contributed by atoms with Crippen LogP contribution in [-0.2, 0) is 0 Å². The van der Waals surface area contributed by atoms with E-state index in [9.17, 15) is 13.2 Å². The molecule has 1 rings (SSSR count). The number of nitrogens with one attached hydrogen (secondary N) is 1. The minimum atomic E-state index is -0.875. The normalized spacial score (nSPS) is 12.9. The molecule has 0 radical (unpaired) electrons. The fraction of sp³-hybridized carbons (Fsp3) is 0.625. The summed E-state index contributed by atoms with van der Waals surface area (Å²) in [6.07, 6.45) is 3.42. The van der Waals surface area contributed by atoms with Gasteiger partial charge in [-0.05, 0) is 25.3 Å². The Hall–Kier alpha value is -1.03. The molecule has 0 bridgehead atoms. The van der Waals surface area contributed by atoms with Crippen LogP contribution in [0.25, 0.3) is 0 Å². The molecule has 0 saturated carbocycles. The minimum absolute atomic E-state index is 0.0383. The maximum absolute atomic E-state index is 13.9. The Morgan fingerprint density at radius 2 is 1.65 bits per heavy atom. The third-order valence-corrected chi connectivity index (χ3v) is 3.31. The van der Waals surface area contributed by atoms with Gasteiger partial charge in [0.25, 0.3) is 0 Å². The second kappa shape index (κ2) is 8.30. The van der Waals surface area contributed by atoms with E-state index in [1.807, 2.05) is 6.92 Å². The largest absolute Gasteiger partial charge is 0.310 e. The second-order valence-electron chi connectivity index (χ2n) is 5.61. The molecule has 0 fully saturated rings. The average Bonchev–Trinajstić information content (AvgIpc) is 2.33. The van der Waals surface area contributed by atoms with E-state index in [4.69, 9.17) is 0 Å². The Morgan fingerprint density at radius 3 is 2.15 bits per heavy atom. The topological polar surface area (TPSA) is 12.0 Å². The summed E-state index contributed by atoms with van der Waals surface area (Å²) in [7, 11) is 0. The molecule has 1 aromatic rings. The zero-order chi connectivity index (χ0) is 15.1. The van der Waals surface area contributed by atoms with Crippen LogP contribution in [0.2, 0.25) is 0 Å². The van der Waals surface area contributed by atoms with E-state index < -0.39 is 23.5 Å². The van der Waals surface area contributed by atoms with Crippen molar-refractivity contribution >= 4 is 0 Å². The van der Waals surface area contributed by atoms with Crippen molar-refractivity contribution in [2.24, 2.45) is 5.92 Å². The maximum atomic E-state index is 13.9. The van der Waals surface area contributed by atoms with E-state index in [1.165, 1.54) is 0 Å². The fourth-order valence-corrected chi connectivity index (χ4v) is 2.28. The second-order valence-corrected chi connectivity index (χ2v) is 5.61. The zero-order valence-corrected chi connectivity index (χ0v) is 12.5. The van der Waals surface area contributed by atoms with E-state index in [0.717, 1.165) is 31.4 Å². The van der Waals surface area contributed by atoms with E-state index in [-0.39, 0.29) is 5.56 Å². The van der Waals surface area contributed by atoms with Crippen LogP contribution in [-0.4, -0.2) is 6.54 Å². The van der Waals surface area contributed by atoms with E-state index in [2.05, 4.69) is 19.2 Å². The molecule has 20 heavy (non-hydrogen) atoms. The van der Waals surface area contributed by atoms with Gasteiger partial charge in [-0.2, -0.15) is 0 Å². The summed E-state index contributed by atoms with van der Waals surface area (Å²) in [5, 5.41) is 3.16. The van der Waals surface area contributed by atoms with Crippen LogP contribution < -0.4 is 5.32 Å². The lowest BCUT2D eigenvalue weighted by atomic mass is 9.97. The van der Waals surface area contributed by atoms with E-state index >= 15 is 0 Å². The molecule has 114 valence electrons. The smallest absolute Gasteiger partial charge is 0.133 e. The van der Waals surface area contributed by atoms with Crippen molar-refractivity contribution in [1.29, 1.82) is 0 Å². The molecule has 1 atom stereocenters. The van der Waals surface area contributed by atoms with Crippen LogP contribution in [0.4, 0.5) is 13.2 Å². The molecule has 0 spiro atoms. The molecular weight excluding hydrogens is 263 g/mol. The summed E-state index contributed by atoms with van der Waals surface area (Å²) in [6, 6.07) is 1.11. The summed E-state index contributed by atoms with van der Waals surface area (Å²) >= 11 is 0. The van der Waals surface area contributed by atoms with Crippen molar-refractivity contribution in [2.45, 2.75) is 52.5 Å². The zero-order valence-electron chi connectivity index (χ0n) is 12.5. The Bertz CT molecular complexity index is 395. The summed E-state index contributed by atoms with van der Waals surface area (Å²) < 4.78 is 40.7. The van der Waals surface area contributed by atoms with Crippen molar-refractivity contribution in [3.8, 4) is 0 Å². The van der Waals surface area contributed by atoms with Gasteiger partial charge in [-0.3, -0.25) is 0 Å². The standard InChI is InChI=1S/C16H24F3N/c1-4-8-20-15(7-5-6-11(2)3)16-13(18)9-12(17)10-14(16)19/h9-11,15,20H,4-8H2,1-3H3. The van der Waals surface area contributed by atoms with Gasteiger partial charge >= 0.3 is 0 Å². The molecule has 1 N–H and O–H groups in total. The SMILES string of the molecule is CCCNC(CCCC(C)C)c1c(F)cc(F)cc1F. The Kier molecular flexibility index (Phi) is 7.06. The first-order chi connectivity index (χ1) is 9.45. The van der Waals surface area contributed by atoms with E-state index in [0.29, 0.717) is 18.9 Å². The average molecular weight is 287 g/mol. The predicted molar refractivity (Wildman–Crippen MR) is 76.0 cm³/mol. The number of rotatable bonds is 8. The van der Waals surface area contributed by atoms with Crippen LogP contribution in [0.3, 0.4) is 0 Å². The van der Waals surface area contributed by atoms with E-state index in [1.54, 1.807) is 0 Å². The minimum Gasteiger partial charge on any atom is -0.310 e. The lowest BCUT2D eigenvalue weighted by molar-refractivity contribution is 0.413. The highest BCUT2D eigenvalue weighted by Gasteiger charge is 2.20. The molecule has 1 nitrogen and oxygen atoms in total. The molecule has 1 aromatic carbocycles. The van der Waals surface area contributed by atoms with Gasteiger partial charge < -0.3 is 5.32 Å². The quantitative estimate of drug-likeness (QED) is 0.711. The van der Waals surface area contributed by atoms with Gasteiger partial charge in [-0.25, -0.2) is 13.2 Å². The Balaban J connectivity index is 2.86. The highest BCUT2D eigenvalue weighted by molar-refractivity contribution is 5.24. The highest BCUT2D eigenvalue weighted by atomic mass is 19.1. The van der Waals surface area contributed by atoms with Crippen molar-refractivity contribution in [2.75, 3.05) is 6.54 Å².